The van der Waals surface area contributed by atoms with Gasteiger partial charge < -0.3 is 10.2 Å². The third kappa shape index (κ3) is 1.96. The highest BCUT2D eigenvalue weighted by Gasteiger charge is 2.19. The Labute approximate surface area is 120 Å². The molecular formula is C15H11N3OS. The lowest BCUT2D eigenvalue weighted by Gasteiger charge is -2.03. The Hall–Kier alpha value is -2.58. The van der Waals surface area contributed by atoms with Gasteiger partial charge in [0.2, 0.25) is 0 Å². The highest BCUT2D eigenvalue weighted by molar-refractivity contribution is 7.17. The Bertz CT molecular complexity index is 796. The first kappa shape index (κ1) is 12.5. The van der Waals surface area contributed by atoms with Crippen LogP contribution in [0.3, 0.4) is 0 Å². The lowest BCUT2D eigenvalue weighted by Crippen LogP contribution is -1.89. The highest BCUT2D eigenvalue weighted by Crippen LogP contribution is 2.44. The van der Waals surface area contributed by atoms with Crippen LogP contribution in [0.15, 0.2) is 41.3 Å². The topological polar surface area (TPSA) is 75.8 Å². The van der Waals surface area contributed by atoms with E-state index in [1.807, 2.05) is 25.1 Å². The number of nitrogens with two attached hydrogens (primary N) is 1. The van der Waals surface area contributed by atoms with Gasteiger partial charge in [0.05, 0.1) is 12.0 Å². The van der Waals surface area contributed by atoms with Crippen LogP contribution in [0.25, 0.3) is 21.6 Å². The molecule has 2 N–H and O–H groups in total. The van der Waals surface area contributed by atoms with E-state index in [0.717, 1.165) is 27.3 Å². The number of nitriles is 1. The second kappa shape index (κ2) is 4.83. The predicted octanol–water partition coefficient (Wildman–Crippen LogP) is 3.83. The molecular weight excluding hydrogens is 270 g/mol. The number of aromatic nitrogens is 1. The summed E-state index contributed by atoms with van der Waals surface area (Å²) in [5.41, 5.74) is 9.40. The fourth-order valence-corrected chi connectivity index (χ4v) is 3.11. The van der Waals surface area contributed by atoms with Crippen LogP contribution in [0, 0.1) is 18.3 Å². The molecule has 0 aliphatic heterocycles. The van der Waals surface area contributed by atoms with Gasteiger partial charge in [-0.25, -0.2) is 0 Å². The fourth-order valence-electron chi connectivity index (χ4n) is 2.10. The number of pyridine rings is 1. The molecule has 0 saturated carbocycles. The zero-order valence-electron chi connectivity index (χ0n) is 10.8. The van der Waals surface area contributed by atoms with Crippen molar-refractivity contribution in [3.63, 3.8) is 0 Å². The van der Waals surface area contributed by atoms with E-state index in [0.29, 0.717) is 10.6 Å². The first-order valence-corrected chi connectivity index (χ1v) is 6.80. The highest BCUT2D eigenvalue weighted by atomic mass is 32.1. The summed E-state index contributed by atoms with van der Waals surface area (Å²) >= 11 is 1.38. The molecule has 3 rings (SSSR count). The zero-order chi connectivity index (χ0) is 14.1. The number of nitrogen functional groups attached to an aromatic ring is 1. The van der Waals surface area contributed by atoms with Gasteiger partial charge in [0.1, 0.15) is 16.7 Å². The van der Waals surface area contributed by atoms with Crippen molar-refractivity contribution in [2.45, 2.75) is 6.92 Å². The SMILES string of the molecule is Cc1cc(-c2sc(C#N)c(N)c2-c2ccncc2)co1. The average Bonchev–Trinajstić information content (AvgIpc) is 3.03. The number of aryl methyl sites for hydroxylation is 1. The molecule has 0 aliphatic carbocycles. The monoisotopic (exact) mass is 281 g/mol. The van der Waals surface area contributed by atoms with E-state index >= 15 is 0 Å². The molecule has 4 nitrogen and oxygen atoms in total. The van der Waals surface area contributed by atoms with Gasteiger partial charge in [0, 0.05) is 28.4 Å². The number of rotatable bonds is 2. The quantitative estimate of drug-likeness (QED) is 0.774. The first-order chi connectivity index (χ1) is 9.70. The van der Waals surface area contributed by atoms with Gasteiger partial charge in [-0.1, -0.05) is 0 Å². The summed E-state index contributed by atoms with van der Waals surface area (Å²) in [7, 11) is 0. The van der Waals surface area contributed by atoms with Crippen LogP contribution in [-0.4, -0.2) is 4.98 Å². The van der Waals surface area contributed by atoms with E-state index in [2.05, 4.69) is 11.1 Å². The second-order valence-electron chi connectivity index (χ2n) is 4.34. The van der Waals surface area contributed by atoms with Crippen molar-refractivity contribution in [1.29, 1.82) is 5.26 Å². The summed E-state index contributed by atoms with van der Waals surface area (Å²) in [6, 6.07) is 7.86. The van der Waals surface area contributed by atoms with Crippen LogP contribution in [0.2, 0.25) is 0 Å². The lowest BCUT2D eigenvalue weighted by molar-refractivity contribution is 0.535. The molecule has 3 aromatic rings. The fraction of sp³-hybridized carbons (Fsp3) is 0.0667. The number of anilines is 1. The van der Waals surface area contributed by atoms with Crippen molar-refractivity contribution >= 4 is 17.0 Å². The maximum Gasteiger partial charge on any atom is 0.129 e. The Morgan fingerprint density at radius 3 is 2.65 bits per heavy atom. The van der Waals surface area contributed by atoms with Gasteiger partial charge in [0.15, 0.2) is 0 Å². The van der Waals surface area contributed by atoms with Crippen LogP contribution >= 0.6 is 11.3 Å². The summed E-state index contributed by atoms with van der Waals surface area (Å²) in [5, 5.41) is 9.20. The Balaban J connectivity index is 2.28. The molecule has 5 heteroatoms. The van der Waals surface area contributed by atoms with Gasteiger partial charge in [-0.3, -0.25) is 4.98 Å². The summed E-state index contributed by atoms with van der Waals surface area (Å²) in [5.74, 6) is 0.825. The number of furan rings is 1. The largest absolute Gasteiger partial charge is 0.469 e. The number of thiophene rings is 1. The zero-order valence-corrected chi connectivity index (χ0v) is 11.6. The van der Waals surface area contributed by atoms with E-state index in [-0.39, 0.29) is 0 Å². The maximum absolute atomic E-state index is 9.20. The molecule has 0 atom stereocenters. The van der Waals surface area contributed by atoms with Crippen LogP contribution in [0.5, 0.6) is 0 Å². The van der Waals surface area contributed by atoms with E-state index in [9.17, 15) is 5.26 Å². The molecule has 0 aromatic carbocycles. The van der Waals surface area contributed by atoms with Crippen molar-refractivity contribution in [1.82, 2.24) is 4.98 Å². The Morgan fingerprint density at radius 2 is 2.05 bits per heavy atom. The van der Waals surface area contributed by atoms with Gasteiger partial charge in [-0.2, -0.15) is 5.26 Å². The van der Waals surface area contributed by atoms with Crippen LogP contribution in [-0.2, 0) is 0 Å². The maximum atomic E-state index is 9.20. The molecule has 0 fully saturated rings. The molecule has 0 saturated heterocycles. The standard InChI is InChI=1S/C15H11N3OS/c1-9-6-11(8-19-9)15-13(10-2-4-18-5-3-10)14(17)12(7-16)20-15/h2-6,8H,17H2,1H3. The molecule has 0 bridgehead atoms. The van der Waals surface area contributed by atoms with E-state index in [1.165, 1.54) is 11.3 Å². The van der Waals surface area contributed by atoms with Gasteiger partial charge in [0.25, 0.3) is 0 Å². The summed E-state index contributed by atoms with van der Waals surface area (Å²) in [6.07, 6.45) is 5.11. The van der Waals surface area contributed by atoms with Crippen molar-refractivity contribution in [2.75, 3.05) is 5.73 Å². The first-order valence-electron chi connectivity index (χ1n) is 5.99. The van der Waals surface area contributed by atoms with E-state index < -0.39 is 0 Å². The molecule has 98 valence electrons. The molecule has 0 aliphatic rings. The van der Waals surface area contributed by atoms with Crippen LogP contribution < -0.4 is 5.73 Å². The average molecular weight is 281 g/mol. The minimum Gasteiger partial charge on any atom is -0.469 e. The molecule has 20 heavy (non-hydrogen) atoms. The molecule has 3 aromatic heterocycles. The molecule has 0 spiro atoms. The van der Waals surface area contributed by atoms with E-state index in [1.54, 1.807) is 18.7 Å². The predicted molar refractivity (Wildman–Crippen MR) is 79.1 cm³/mol. The number of nitrogens with zero attached hydrogens (tertiary/aromatic N) is 2. The van der Waals surface area contributed by atoms with Crippen molar-refractivity contribution in [3.8, 4) is 27.6 Å². The Morgan fingerprint density at radius 1 is 1.30 bits per heavy atom. The number of hydrogen-bond acceptors (Lipinski definition) is 5. The van der Waals surface area contributed by atoms with Crippen molar-refractivity contribution < 1.29 is 4.42 Å². The Kier molecular flexibility index (Phi) is 3.01. The molecule has 3 heterocycles. The number of hydrogen-bond donors (Lipinski definition) is 1. The smallest absolute Gasteiger partial charge is 0.129 e. The minimum absolute atomic E-state index is 0.512. The summed E-state index contributed by atoms with van der Waals surface area (Å²) in [4.78, 5) is 5.48. The third-order valence-electron chi connectivity index (χ3n) is 3.01. The molecule has 0 unspecified atom stereocenters. The van der Waals surface area contributed by atoms with Crippen molar-refractivity contribution in [3.05, 3.63) is 47.5 Å². The second-order valence-corrected chi connectivity index (χ2v) is 5.36. The minimum atomic E-state index is 0.512. The lowest BCUT2D eigenvalue weighted by atomic mass is 10.0. The van der Waals surface area contributed by atoms with Gasteiger partial charge in [-0.05, 0) is 30.7 Å². The normalized spacial score (nSPS) is 10.4. The summed E-state index contributed by atoms with van der Waals surface area (Å²) in [6.45, 7) is 1.89. The van der Waals surface area contributed by atoms with Gasteiger partial charge in [-0.15, -0.1) is 11.3 Å². The molecule has 0 radical (unpaired) electrons. The summed E-state index contributed by atoms with van der Waals surface area (Å²) < 4.78 is 5.36. The van der Waals surface area contributed by atoms with Crippen molar-refractivity contribution in [2.24, 2.45) is 0 Å². The van der Waals surface area contributed by atoms with E-state index in [4.69, 9.17) is 10.2 Å². The third-order valence-corrected chi connectivity index (χ3v) is 4.17. The molecule has 0 amide bonds. The van der Waals surface area contributed by atoms with Crippen LogP contribution in [0.1, 0.15) is 10.6 Å². The van der Waals surface area contributed by atoms with Crippen LogP contribution in [0.4, 0.5) is 5.69 Å². The van der Waals surface area contributed by atoms with Gasteiger partial charge >= 0.3 is 0 Å².